The number of aryl methyl sites for hydroxylation is 1. The number of thiazole rings is 1. The maximum atomic E-state index is 14.2. The largest absolute Gasteiger partial charge is 0.334 e. The highest BCUT2D eigenvalue weighted by atomic mass is 35.5. The van der Waals surface area contributed by atoms with Gasteiger partial charge in [0.25, 0.3) is 0 Å². The molecule has 1 saturated carbocycles. The Bertz CT molecular complexity index is 1470. The normalized spacial score (nSPS) is 20.7. The van der Waals surface area contributed by atoms with E-state index < -0.39 is 39.8 Å². The number of sulfonamides is 1. The van der Waals surface area contributed by atoms with Gasteiger partial charge < -0.3 is 4.90 Å². The Morgan fingerprint density at radius 3 is 2.63 bits per heavy atom. The maximum Gasteiger partial charge on any atom is 0.248 e. The number of alkyl halides is 2. The number of nitrogens with zero attached hydrogens (tertiary/aromatic N) is 3. The topological polar surface area (TPSA) is 70.6 Å². The summed E-state index contributed by atoms with van der Waals surface area (Å²) in [5.41, 5.74) is 1.74. The van der Waals surface area contributed by atoms with E-state index in [2.05, 4.69) is 4.98 Å². The van der Waals surface area contributed by atoms with E-state index >= 15 is 0 Å². The summed E-state index contributed by atoms with van der Waals surface area (Å²) in [4.78, 5) is 19.6. The fourth-order valence-corrected chi connectivity index (χ4v) is 7.97. The molecule has 0 radical (unpaired) electrons. The minimum absolute atomic E-state index is 0.117. The van der Waals surface area contributed by atoms with Gasteiger partial charge in [-0.25, -0.2) is 26.6 Å². The third-order valence-electron chi connectivity index (χ3n) is 7.43. The summed E-state index contributed by atoms with van der Waals surface area (Å²) in [5, 5.41) is 0. The second-order valence-corrected chi connectivity index (χ2v) is 13.5. The molecule has 3 aromatic rings. The number of aromatic nitrogens is 1. The molecule has 12 heteroatoms. The number of halogens is 4. The van der Waals surface area contributed by atoms with E-state index in [0.717, 1.165) is 20.6 Å². The molecule has 1 aliphatic heterocycles. The summed E-state index contributed by atoms with van der Waals surface area (Å²) in [6.45, 7) is 1.79. The van der Waals surface area contributed by atoms with Crippen LogP contribution in [0.25, 0.3) is 10.2 Å². The van der Waals surface area contributed by atoms with E-state index in [1.165, 1.54) is 30.4 Å². The first-order valence-corrected chi connectivity index (χ1v) is 15.1. The molecule has 6 nitrogen and oxygen atoms in total. The number of carbonyl (C=O) groups is 1. The Morgan fingerprint density at radius 2 is 1.92 bits per heavy atom. The highest BCUT2D eigenvalue weighted by molar-refractivity contribution is 7.89. The van der Waals surface area contributed by atoms with Gasteiger partial charge in [-0.2, -0.15) is 4.31 Å². The maximum absolute atomic E-state index is 14.2. The van der Waals surface area contributed by atoms with Crippen LogP contribution in [0.2, 0.25) is 4.47 Å². The molecule has 1 amide bonds. The van der Waals surface area contributed by atoms with Gasteiger partial charge >= 0.3 is 0 Å². The van der Waals surface area contributed by atoms with Gasteiger partial charge in [-0.3, -0.25) is 4.79 Å². The molecular weight excluding hydrogens is 559 g/mol. The van der Waals surface area contributed by atoms with Crippen molar-refractivity contribution in [2.75, 3.05) is 6.54 Å². The minimum atomic E-state index is -4.15. The number of fused-ring (bicyclic) bond motifs is 1. The van der Waals surface area contributed by atoms with E-state index in [4.69, 9.17) is 11.6 Å². The molecule has 38 heavy (non-hydrogen) atoms. The second-order valence-electron chi connectivity index (χ2n) is 10.0. The molecule has 0 unspecified atom stereocenters. The Balaban J connectivity index is 1.45. The van der Waals surface area contributed by atoms with Crippen LogP contribution in [0.5, 0.6) is 0 Å². The van der Waals surface area contributed by atoms with Gasteiger partial charge in [0.15, 0.2) is 4.47 Å². The predicted octanol–water partition coefficient (Wildman–Crippen LogP) is 6.16. The fraction of sp³-hybridized carbons (Fsp3) is 0.462. The molecule has 5 rings (SSSR count). The molecule has 2 heterocycles. The second kappa shape index (κ2) is 10.4. The van der Waals surface area contributed by atoms with Crippen molar-refractivity contribution in [2.24, 2.45) is 0 Å². The molecule has 0 N–H and O–H groups in total. The Labute approximate surface area is 228 Å². The molecule has 0 spiro atoms. The first-order valence-electron chi connectivity index (χ1n) is 12.5. The van der Waals surface area contributed by atoms with Crippen molar-refractivity contribution in [1.82, 2.24) is 14.2 Å². The number of benzene rings is 2. The quantitative estimate of drug-likeness (QED) is 0.348. The van der Waals surface area contributed by atoms with Crippen LogP contribution in [0.1, 0.15) is 49.7 Å². The zero-order valence-corrected chi connectivity index (χ0v) is 23.1. The molecule has 1 aliphatic carbocycles. The van der Waals surface area contributed by atoms with Gasteiger partial charge in [0.1, 0.15) is 11.9 Å². The molecule has 1 saturated heterocycles. The summed E-state index contributed by atoms with van der Waals surface area (Å²) in [6, 6.07) is 7.75. The summed E-state index contributed by atoms with van der Waals surface area (Å²) in [6.07, 6.45) is 0.323. The molecule has 2 aliphatic rings. The lowest BCUT2D eigenvalue weighted by atomic mass is 9.90. The van der Waals surface area contributed by atoms with Crippen LogP contribution >= 0.6 is 22.9 Å². The van der Waals surface area contributed by atoms with Crippen LogP contribution < -0.4 is 0 Å². The Hall–Kier alpha value is -2.21. The zero-order valence-electron chi connectivity index (χ0n) is 20.7. The van der Waals surface area contributed by atoms with Crippen molar-refractivity contribution >= 4 is 49.1 Å². The smallest absolute Gasteiger partial charge is 0.248 e. The first kappa shape index (κ1) is 27.4. The fourth-order valence-electron chi connectivity index (χ4n) is 5.30. The monoisotopic (exact) mass is 585 g/mol. The summed E-state index contributed by atoms with van der Waals surface area (Å²) in [5.74, 6) is -3.85. The van der Waals surface area contributed by atoms with Gasteiger partial charge in [0.05, 0.1) is 15.1 Å². The number of hydrogen-bond donors (Lipinski definition) is 0. The summed E-state index contributed by atoms with van der Waals surface area (Å²) < 4.78 is 71.5. The molecule has 2 fully saturated rings. The van der Waals surface area contributed by atoms with Crippen LogP contribution in [-0.4, -0.2) is 53.1 Å². The molecular formula is C26H27ClF3N3O3S2. The first-order chi connectivity index (χ1) is 17.9. The van der Waals surface area contributed by atoms with Crippen LogP contribution in [0.4, 0.5) is 13.2 Å². The van der Waals surface area contributed by atoms with Crippen molar-refractivity contribution < 1.29 is 26.4 Å². The number of amides is 1. The lowest BCUT2D eigenvalue weighted by Gasteiger charge is -2.39. The number of hydrogen-bond acceptors (Lipinski definition) is 5. The van der Waals surface area contributed by atoms with Gasteiger partial charge in [0.2, 0.25) is 21.9 Å². The van der Waals surface area contributed by atoms with E-state index in [9.17, 15) is 26.4 Å². The average molecular weight is 586 g/mol. The Kier molecular flexibility index (Phi) is 7.49. The summed E-state index contributed by atoms with van der Waals surface area (Å²) >= 11 is 7.37. The van der Waals surface area contributed by atoms with E-state index in [-0.39, 0.29) is 43.7 Å². The van der Waals surface area contributed by atoms with Gasteiger partial charge in [0, 0.05) is 32.0 Å². The highest BCUT2D eigenvalue weighted by Crippen LogP contribution is 2.37. The van der Waals surface area contributed by atoms with Crippen LogP contribution in [0.15, 0.2) is 41.3 Å². The van der Waals surface area contributed by atoms with Crippen LogP contribution in [0.3, 0.4) is 0 Å². The third kappa shape index (κ3) is 5.43. The standard InChI is InChI=1S/C26H27ClF3N3O3S2/c1-16-4-6-19(14-20(16)28)38(35,36)33-12-2-3-22(33)24(34)32(18-8-10-26(29,30)11-9-18)15-17-5-7-23-21(13-17)31-25(27)37-23/h4-7,13-14,18,22H,2-3,8-12,15H2,1H3/t22-/m0/s1. The van der Waals surface area contributed by atoms with Crippen molar-refractivity contribution in [3.63, 3.8) is 0 Å². The Morgan fingerprint density at radius 1 is 1.18 bits per heavy atom. The average Bonchev–Trinajstić information content (AvgIpc) is 3.50. The van der Waals surface area contributed by atoms with Gasteiger partial charge in [-0.1, -0.05) is 23.7 Å². The zero-order chi connectivity index (χ0) is 27.2. The van der Waals surface area contributed by atoms with Crippen molar-refractivity contribution in [3.05, 3.63) is 57.8 Å². The minimum Gasteiger partial charge on any atom is -0.334 e. The molecule has 0 bridgehead atoms. The third-order valence-corrected chi connectivity index (χ3v) is 10.5. The predicted molar refractivity (Wildman–Crippen MR) is 140 cm³/mol. The van der Waals surface area contributed by atoms with Gasteiger partial charge in [-0.05, 0) is 68.0 Å². The van der Waals surface area contributed by atoms with Gasteiger partial charge in [-0.15, -0.1) is 11.3 Å². The lowest BCUT2D eigenvalue weighted by molar-refractivity contribution is -0.141. The molecule has 1 atom stereocenters. The van der Waals surface area contributed by atoms with Crippen LogP contribution in [0, 0.1) is 12.7 Å². The SMILES string of the molecule is Cc1ccc(S(=O)(=O)N2CCC[C@H]2C(=O)N(Cc2ccc3sc(Cl)nc3c2)C2CCC(F)(F)CC2)cc1F. The van der Waals surface area contributed by atoms with Crippen molar-refractivity contribution in [3.8, 4) is 0 Å². The number of carbonyl (C=O) groups excluding carboxylic acids is 1. The highest BCUT2D eigenvalue weighted by Gasteiger charge is 2.44. The molecule has 204 valence electrons. The lowest BCUT2D eigenvalue weighted by Crippen LogP contribution is -2.52. The number of rotatable bonds is 6. The molecule has 1 aromatic heterocycles. The van der Waals surface area contributed by atoms with Crippen molar-refractivity contribution in [1.29, 1.82) is 0 Å². The van der Waals surface area contributed by atoms with E-state index in [0.29, 0.717) is 28.4 Å². The van der Waals surface area contributed by atoms with E-state index in [1.807, 2.05) is 18.2 Å². The van der Waals surface area contributed by atoms with E-state index in [1.54, 1.807) is 4.90 Å². The molecule has 2 aromatic carbocycles. The summed E-state index contributed by atoms with van der Waals surface area (Å²) in [7, 11) is -4.15. The van der Waals surface area contributed by atoms with Crippen LogP contribution in [-0.2, 0) is 21.4 Å². The van der Waals surface area contributed by atoms with Crippen molar-refractivity contribution in [2.45, 2.75) is 74.9 Å².